The van der Waals surface area contributed by atoms with Gasteiger partial charge in [-0.05, 0) is 12.1 Å². The zero-order chi connectivity index (χ0) is 13.1. The van der Waals surface area contributed by atoms with E-state index in [4.69, 9.17) is 4.52 Å². The van der Waals surface area contributed by atoms with E-state index in [1.54, 1.807) is 0 Å². The van der Waals surface area contributed by atoms with Crippen LogP contribution in [0.2, 0.25) is 0 Å². The predicted octanol–water partition coefficient (Wildman–Crippen LogP) is 2.51. The summed E-state index contributed by atoms with van der Waals surface area (Å²) in [6.45, 7) is 4.37. The highest BCUT2D eigenvalue weighted by atomic mass is 19.2. The van der Waals surface area contributed by atoms with Crippen molar-refractivity contribution in [3.05, 3.63) is 35.7 Å². The lowest BCUT2D eigenvalue weighted by atomic mass is 10.2. The van der Waals surface area contributed by atoms with Crippen molar-refractivity contribution in [2.45, 2.75) is 26.4 Å². The van der Waals surface area contributed by atoms with Gasteiger partial charge in [0.15, 0.2) is 17.5 Å². The highest BCUT2D eigenvalue weighted by Gasteiger charge is 2.15. The Bertz CT molecular complexity index is 540. The molecule has 4 nitrogen and oxygen atoms in total. The van der Waals surface area contributed by atoms with Gasteiger partial charge in [-0.1, -0.05) is 25.1 Å². The van der Waals surface area contributed by atoms with Crippen LogP contribution in [-0.4, -0.2) is 16.2 Å². The number of benzene rings is 1. The molecule has 0 unspecified atom stereocenters. The maximum Gasteiger partial charge on any atom is 0.261 e. The molecular weight excluding hydrogens is 240 g/mol. The predicted molar refractivity (Wildman–Crippen MR) is 61.6 cm³/mol. The van der Waals surface area contributed by atoms with E-state index < -0.39 is 11.6 Å². The van der Waals surface area contributed by atoms with Crippen molar-refractivity contribution < 1.29 is 13.3 Å². The molecule has 1 heterocycles. The first-order valence-corrected chi connectivity index (χ1v) is 5.58. The third-order valence-corrected chi connectivity index (χ3v) is 2.32. The minimum absolute atomic E-state index is 0.0208. The maximum absolute atomic E-state index is 13.5. The smallest absolute Gasteiger partial charge is 0.261 e. The number of halogens is 2. The van der Waals surface area contributed by atoms with Crippen LogP contribution in [0.5, 0.6) is 0 Å². The van der Waals surface area contributed by atoms with Crippen molar-refractivity contribution in [1.82, 2.24) is 15.5 Å². The van der Waals surface area contributed by atoms with Gasteiger partial charge in [-0.15, -0.1) is 0 Å². The van der Waals surface area contributed by atoms with Gasteiger partial charge in [-0.25, -0.2) is 8.78 Å². The third-order valence-electron chi connectivity index (χ3n) is 2.32. The van der Waals surface area contributed by atoms with Gasteiger partial charge in [-0.2, -0.15) is 4.98 Å². The van der Waals surface area contributed by atoms with Gasteiger partial charge in [-0.3, -0.25) is 0 Å². The topological polar surface area (TPSA) is 51.0 Å². The lowest BCUT2D eigenvalue weighted by molar-refractivity contribution is 0.413. The Morgan fingerprint density at radius 3 is 2.83 bits per heavy atom. The number of hydrogen-bond acceptors (Lipinski definition) is 4. The molecule has 0 spiro atoms. The Hall–Kier alpha value is -1.82. The maximum atomic E-state index is 13.5. The van der Waals surface area contributed by atoms with Crippen LogP contribution >= 0.6 is 0 Å². The van der Waals surface area contributed by atoms with E-state index in [0.717, 1.165) is 6.07 Å². The molecule has 0 saturated carbocycles. The number of nitrogens with one attached hydrogen (secondary N) is 1. The molecule has 0 fully saturated rings. The Kier molecular flexibility index (Phi) is 3.66. The van der Waals surface area contributed by atoms with Crippen LogP contribution in [0, 0.1) is 11.6 Å². The molecule has 1 aromatic carbocycles. The van der Waals surface area contributed by atoms with Crippen LogP contribution in [-0.2, 0) is 6.54 Å². The molecule has 0 saturated heterocycles. The molecule has 0 aliphatic carbocycles. The van der Waals surface area contributed by atoms with E-state index in [9.17, 15) is 8.78 Å². The lowest BCUT2D eigenvalue weighted by Crippen LogP contribution is -2.22. The first kappa shape index (κ1) is 12.6. The fourth-order valence-electron chi connectivity index (χ4n) is 1.40. The van der Waals surface area contributed by atoms with E-state index >= 15 is 0 Å². The number of rotatable bonds is 4. The van der Waals surface area contributed by atoms with Gasteiger partial charge in [0.05, 0.1) is 12.1 Å². The molecular formula is C12H13F2N3O. The van der Waals surface area contributed by atoms with Crippen molar-refractivity contribution in [3.8, 4) is 11.5 Å². The van der Waals surface area contributed by atoms with Crippen LogP contribution in [0.4, 0.5) is 8.78 Å². The van der Waals surface area contributed by atoms with Gasteiger partial charge in [0.2, 0.25) is 0 Å². The highest BCUT2D eigenvalue weighted by molar-refractivity contribution is 5.53. The van der Waals surface area contributed by atoms with Crippen molar-refractivity contribution in [2.75, 3.05) is 0 Å². The van der Waals surface area contributed by atoms with Gasteiger partial charge in [0.25, 0.3) is 5.89 Å². The number of nitrogens with zero attached hydrogens (tertiary/aromatic N) is 2. The van der Waals surface area contributed by atoms with E-state index in [1.807, 2.05) is 13.8 Å². The molecule has 6 heteroatoms. The Labute approximate surface area is 103 Å². The van der Waals surface area contributed by atoms with Gasteiger partial charge in [0.1, 0.15) is 0 Å². The zero-order valence-electron chi connectivity index (χ0n) is 10.1. The van der Waals surface area contributed by atoms with Crippen molar-refractivity contribution in [2.24, 2.45) is 0 Å². The summed E-state index contributed by atoms with van der Waals surface area (Å²) >= 11 is 0. The SMILES string of the molecule is CC(C)NCc1noc(-c2cccc(F)c2F)n1. The molecule has 18 heavy (non-hydrogen) atoms. The van der Waals surface area contributed by atoms with E-state index in [0.29, 0.717) is 12.4 Å². The monoisotopic (exact) mass is 253 g/mol. The summed E-state index contributed by atoms with van der Waals surface area (Å²) < 4.78 is 31.5. The molecule has 2 aromatic rings. The second-order valence-electron chi connectivity index (χ2n) is 4.15. The minimum Gasteiger partial charge on any atom is -0.334 e. The van der Waals surface area contributed by atoms with Crippen molar-refractivity contribution >= 4 is 0 Å². The molecule has 0 aliphatic rings. The van der Waals surface area contributed by atoms with Crippen LogP contribution in [0.1, 0.15) is 19.7 Å². The van der Waals surface area contributed by atoms with E-state index in [1.165, 1.54) is 12.1 Å². The quantitative estimate of drug-likeness (QED) is 0.909. The molecule has 1 N–H and O–H groups in total. The van der Waals surface area contributed by atoms with Crippen LogP contribution in [0.15, 0.2) is 22.7 Å². The van der Waals surface area contributed by atoms with Crippen LogP contribution < -0.4 is 5.32 Å². The molecule has 0 bridgehead atoms. The van der Waals surface area contributed by atoms with Gasteiger partial charge in [0, 0.05) is 6.04 Å². The summed E-state index contributed by atoms with van der Waals surface area (Å²) in [6.07, 6.45) is 0. The first-order chi connectivity index (χ1) is 8.58. The molecule has 0 radical (unpaired) electrons. The average molecular weight is 253 g/mol. The standard InChI is InChI=1S/C12H13F2N3O/c1-7(2)15-6-10-16-12(18-17-10)8-4-3-5-9(13)11(8)14/h3-5,7,15H,6H2,1-2H3. The first-order valence-electron chi connectivity index (χ1n) is 5.58. The second kappa shape index (κ2) is 5.22. The highest BCUT2D eigenvalue weighted by Crippen LogP contribution is 2.22. The summed E-state index contributed by atoms with van der Waals surface area (Å²) in [5.41, 5.74) is -0.0294. The summed E-state index contributed by atoms with van der Waals surface area (Å²) in [5, 5.41) is 6.80. The fraction of sp³-hybridized carbons (Fsp3) is 0.333. The lowest BCUT2D eigenvalue weighted by Gasteiger charge is -2.03. The Morgan fingerprint density at radius 2 is 2.11 bits per heavy atom. The summed E-state index contributed by atoms with van der Waals surface area (Å²) in [5.74, 6) is -1.54. The summed E-state index contributed by atoms with van der Waals surface area (Å²) in [6, 6.07) is 4.10. The fourth-order valence-corrected chi connectivity index (χ4v) is 1.40. The molecule has 0 aliphatic heterocycles. The Morgan fingerprint density at radius 1 is 1.33 bits per heavy atom. The Balaban J connectivity index is 2.21. The second-order valence-corrected chi connectivity index (χ2v) is 4.15. The van der Waals surface area contributed by atoms with Crippen LogP contribution in [0.25, 0.3) is 11.5 Å². The molecule has 0 atom stereocenters. The largest absolute Gasteiger partial charge is 0.334 e. The van der Waals surface area contributed by atoms with Crippen molar-refractivity contribution in [1.29, 1.82) is 0 Å². The molecule has 2 rings (SSSR count). The molecule has 96 valence electrons. The van der Waals surface area contributed by atoms with Gasteiger partial charge < -0.3 is 9.84 Å². The molecule has 1 aromatic heterocycles. The molecule has 0 amide bonds. The summed E-state index contributed by atoms with van der Waals surface area (Å²) in [7, 11) is 0. The average Bonchev–Trinajstić information content (AvgIpc) is 2.78. The van der Waals surface area contributed by atoms with Crippen molar-refractivity contribution in [3.63, 3.8) is 0 Å². The third kappa shape index (κ3) is 2.70. The number of aromatic nitrogens is 2. The summed E-state index contributed by atoms with van der Waals surface area (Å²) in [4.78, 5) is 4.01. The zero-order valence-corrected chi connectivity index (χ0v) is 10.1. The normalized spacial score (nSPS) is 11.2. The minimum atomic E-state index is -0.982. The van der Waals surface area contributed by atoms with E-state index in [-0.39, 0.29) is 17.5 Å². The number of hydrogen-bond donors (Lipinski definition) is 1. The van der Waals surface area contributed by atoms with Crippen LogP contribution in [0.3, 0.4) is 0 Å². The van der Waals surface area contributed by atoms with Gasteiger partial charge >= 0.3 is 0 Å². The van der Waals surface area contributed by atoms with E-state index in [2.05, 4.69) is 15.5 Å².